The van der Waals surface area contributed by atoms with Crippen molar-refractivity contribution in [1.29, 1.82) is 0 Å². The average Bonchev–Trinajstić information content (AvgIpc) is 3.31. The Bertz CT molecular complexity index is 947. The predicted octanol–water partition coefficient (Wildman–Crippen LogP) is 5.27. The maximum absolute atomic E-state index is 12.4. The minimum atomic E-state index is -0.448. The number of ether oxygens (including phenoxy) is 1. The Morgan fingerprint density at radius 1 is 1.19 bits per heavy atom. The Balaban J connectivity index is 1.44. The molecule has 1 fully saturated rings. The summed E-state index contributed by atoms with van der Waals surface area (Å²) in [5.41, 5.74) is 4.39. The van der Waals surface area contributed by atoms with Crippen LogP contribution in [-0.4, -0.2) is 32.3 Å². The number of hydrogen-bond donors (Lipinski definition) is 1. The SMILES string of the molecule is CC1=C(c2ccccc2)C(C[C@H](O)[C@H]2CC[C@H](C(=O)OC(C)(C)C)CC2)n2cncc21. The van der Waals surface area contributed by atoms with Gasteiger partial charge in [0.05, 0.1) is 36.3 Å². The number of hydrogen-bond acceptors (Lipinski definition) is 4. The van der Waals surface area contributed by atoms with Gasteiger partial charge in [-0.2, -0.15) is 0 Å². The summed E-state index contributed by atoms with van der Waals surface area (Å²) < 4.78 is 7.77. The standard InChI is InChI=1S/C26H34N2O3/c1-17-22-15-27-16-28(22)21(24(17)19-8-6-5-7-9-19)14-23(29)18-10-12-20(13-11-18)25(30)31-26(2,3)4/h5-9,15-16,18,20-21,23,29H,10-14H2,1-4H3/t18-,20-,21?,23-/m0/s1. The van der Waals surface area contributed by atoms with Crippen molar-refractivity contribution in [3.05, 3.63) is 54.1 Å². The van der Waals surface area contributed by atoms with Gasteiger partial charge >= 0.3 is 5.97 Å². The zero-order valence-corrected chi connectivity index (χ0v) is 19.0. The molecule has 2 heterocycles. The highest BCUT2D eigenvalue weighted by molar-refractivity contribution is 5.93. The summed E-state index contributed by atoms with van der Waals surface area (Å²) in [6.07, 6.45) is 7.34. The summed E-state index contributed by atoms with van der Waals surface area (Å²) in [5, 5.41) is 11.2. The molecule has 1 saturated carbocycles. The lowest BCUT2D eigenvalue weighted by molar-refractivity contribution is -0.161. The molecule has 0 spiro atoms. The monoisotopic (exact) mass is 422 g/mol. The van der Waals surface area contributed by atoms with Crippen molar-refractivity contribution < 1.29 is 14.6 Å². The summed E-state index contributed by atoms with van der Waals surface area (Å²) in [6.45, 7) is 7.87. The van der Waals surface area contributed by atoms with Crippen LogP contribution in [0.2, 0.25) is 0 Å². The number of nitrogens with zero attached hydrogens (tertiary/aromatic N) is 2. The van der Waals surface area contributed by atoms with E-state index in [9.17, 15) is 9.90 Å². The molecular weight excluding hydrogens is 388 g/mol. The van der Waals surface area contributed by atoms with Gasteiger partial charge in [-0.1, -0.05) is 30.3 Å². The van der Waals surface area contributed by atoms with Crippen LogP contribution in [0.25, 0.3) is 11.1 Å². The second-order valence-corrected chi connectivity index (χ2v) is 10.1. The Labute approximate surface area is 185 Å². The highest BCUT2D eigenvalue weighted by Crippen LogP contribution is 2.45. The molecule has 0 bridgehead atoms. The molecule has 0 amide bonds. The molecule has 1 unspecified atom stereocenters. The van der Waals surface area contributed by atoms with Crippen LogP contribution < -0.4 is 0 Å². The van der Waals surface area contributed by atoms with Crippen LogP contribution in [0.1, 0.15) is 77.1 Å². The maximum atomic E-state index is 12.4. The van der Waals surface area contributed by atoms with Crippen LogP contribution in [0.4, 0.5) is 0 Å². The van der Waals surface area contributed by atoms with Gasteiger partial charge in [-0.15, -0.1) is 0 Å². The van der Waals surface area contributed by atoms with E-state index in [1.54, 1.807) is 0 Å². The van der Waals surface area contributed by atoms with Crippen LogP contribution in [0.3, 0.4) is 0 Å². The van der Waals surface area contributed by atoms with Gasteiger partial charge in [-0.3, -0.25) is 4.79 Å². The number of aliphatic hydroxyl groups is 1. The molecule has 0 radical (unpaired) electrons. The Morgan fingerprint density at radius 2 is 1.87 bits per heavy atom. The Hall–Kier alpha value is -2.40. The van der Waals surface area contributed by atoms with E-state index in [4.69, 9.17) is 4.74 Å². The average molecular weight is 423 g/mol. The fourth-order valence-electron chi connectivity index (χ4n) is 5.17. The fourth-order valence-corrected chi connectivity index (χ4v) is 5.17. The summed E-state index contributed by atoms with van der Waals surface area (Å²) in [6, 6.07) is 10.5. The second-order valence-electron chi connectivity index (χ2n) is 10.1. The van der Waals surface area contributed by atoms with E-state index in [0.29, 0.717) is 6.42 Å². The number of carbonyl (C=O) groups is 1. The number of fused-ring (bicyclic) bond motifs is 1. The molecule has 166 valence electrons. The van der Waals surface area contributed by atoms with Crippen LogP contribution in [0.15, 0.2) is 42.9 Å². The summed E-state index contributed by atoms with van der Waals surface area (Å²) in [7, 11) is 0. The lowest BCUT2D eigenvalue weighted by Gasteiger charge is -2.33. The van der Waals surface area contributed by atoms with Crippen molar-refractivity contribution in [3.63, 3.8) is 0 Å². The molecule has 0 saturated heterocycles. The summed E-state index contributed by atoms with van der Waals surface area (Å²) in [5.74, 6) is 0.0734. The van der Waals surface area contributed by atoms with E-state index in [1.165, 1.54) is 16.7 Å². The van der Waals surface area contributed by atoms with Gasteiger partial charge in [0.2, 0.25) is 0 Å². The van der Waals surface area contributed by atoms with Crippen molar-refractivity contribution in [3.8, 4) is 0 Å². The molecule has 1 N–H and O–H groups in total. The quantitative estimate of drug-likeness (QED) is 0.667. The van der Waals surface area contributed by atoms with Crippen molar-refractivity contribution in [2.75, 3.05) is 0 Å². The fraction of sp³-hybridized carbons (Fsp3) is 0.538. The van der Waals surface area contributed by atoms with Crippen LogP contribution in [-0.2, 0) is 9.53 Å². The topological polar surface area (TPSA) is 64.3 Å². The van der Waals surface area contributed by atoms with Crippen LogP contribution >= 0.6 is 0 Å². The van der Waals surface area contributed by atoms with Gasteiger partial charge in [-0.05, 0) is 82.4 Å². The number of aromatic nitrogens is 2. The summed E-state index contributed by atoms with van der Waals surface area (Å²) >= 11 is 0. The van der Waals surface area contributed by atoms with Crippen molar-refractivity contribution in [2.45, 2.75) is 77.5 Å². The van der Waals surface area contributed by atoms with Gasteiger partial charge in [0.15, 0.2) is 0 Å². The van der Waals surface area contributed by atoms with Crippen LogP contribution in [0.5, 0.6) is 0 Å². The highest BCUT2D eigenvalue weighted by atomic mass is 16.6. The first-order valence-electron chi connectivity index (χ1n) is 11.4. The number of imidazole rings is 1. The first-order chi connectivity index (χ1) is 14.7. The van der Waals surface area contributed by atoms with E-state index in [-0.39, 0.29) is 23.8 Å². The second kappa shape index (κ2) is 8.62. The zero-order valence-electron chi connectivity index (χ0n) is 19.0. The third-order valence-corrected chi connectivity index (χ3v) is 6.73. The molecule has 5 nitrogen and oxygen atoms in total. The molecule has 1 aromatic carbocycles. The highest BCUT2D eigenvalue weighted by Gasteiger charge is 2.36. The van der Waals surface area contributed by atoms with Crippen LogP contribution in [0, 0.1) is 11.8 Å². The Kier molecular flexibility index (Phi) is 6.07. The number of carbonyl (C=O) groups excluding carboxylic acids is 1. The van der Waals surface area contributed by atoms with Gasteiger partial charge < -0.3 is 14.4 Å². The lowest BCUT2D eigenvalue weighted by Crippen LogP contribution is -2.34. The molecular formula is C26H34N2O3. The number of allylic oxidation sites excluding steroid dienone is 2. The van der Waals surface area contributed by atoms with Gasteiger partial charge in [-0.25, -0.2) is 4.98 Å². The molecule has 1 aliphatic heterocycles. The molecule has 5 heteroatoms. The lowest BCUT2D eigenvalue weighted by atomic mass is 9.77. The van der Waals surface area contributed by atoms with Gasteiger partial charge in [0.1, 0.15) is 5.60 Å². The first kappa shape index (κ1) is 21.8. The summed E-state index contributed by atoms with van der Waals surface area (Å²) in [4.78, 5) is 16.8. The van der Waals surface area contributed by atoms with E-state index >= 15 is 0 Å². The molecule has 1 aliphatic carbocycles. The zero-order chi connectivity index (χ0) is 22.2. The number of rotatable bonds is 5. The normalized spacial score (nSPS) is 24.7. The third-order valence-electron chi connectivity index (χ3n) is 6.73. The number of esters is 1. The minimum Gasteiger partial charge on any atom is -0.460 e. The number of benzene rings is 1. The van der Waals surface area contributed by atoms with E-state index in [0.717, 1.165) is 31.4 Å². The Morgan fingerprint density at radius 3 is 2.52 bits per heavy atom. The molecule has 2 aromatic rings. The third kappa shape index (κ3) is 4.62. The maximum Gasteiger partial charge on any atom is 0.309 e. The molecule has 2 aliphatic rings. The molecule has 31 heavy (non-hydrogen) atoms. The smallest absolute Gasteiger partial charge is 0.309 e. The predicted molar refractivity (Wildman–Crippen MR) is 122 cm³/mol. The molecule has 4 rings (SSSR count). The molecule has 2 atom stereocenters. The van der Waals surface area contributed by atoms with Gasteiger partial charge in [0, 0.05) is 0 Å². The minimum absolute atomic E-state index is 0.0450. The van der Waals surface area contributed by atoms with Crippen molar-refractivity contribution >= 4 is 17.1 Å². The number of aliphatic hydroxyl groups excluding tert-OH is 1. The first-order valence-corrected chi connectivity index (χ1v) is 11.4. The molecule has 1 aromatic heterocycles. The van der Waals surface area contributed by atoms with E-state index in [1.807, 2.05) is 39.4 Å². The van der Waals surface area contributed by atoms with E-state index < -0.39 is 11.7 Å². The van der Waals surface area contributed by atoms with Gasteiger partial charge in [0.25, 0.3) is 0 Å². The van der Waals surface area contributed by atoms with Crippen molar-refractivity contribution in [1.82, 2.24) is 9.55 Å². The van der Waals surface area contributed by atoms with Crippen molar-refractivity contribution in [2.24, 2.45) is 11.8 Å². The van der Waals surface area contributed by atoms with E-state index in [2.05, 4.69) is 40.7 Å². The largest absolute Gasteiger partial charge is 0.460 e.